The van der Waals surface area contributed by atoms with Gasteiger partial charge in [0.1, 0.15) is 23.4 Å². The highest BCUT2D eigenvalue weighted by Crippen LogP contribution is 2.32. The topological polar surface area (TPSA) is 98.5 Å². The highest BCUT2D eigenvalue weighted by Gasteiger charge is 2.26. The van der Waals surface area contributed by atoms with Crippen molar-refractivity contribution < 1.29 is 23.6 Å². The van der Waals surface area contributed by atoms with E-state index >= 15 is 4.39 Å². The van der Waals surface area contributed by atoms with Crippen LogP contribution in [-0.2, 0) is 4.79 Å². The van der Waals surface area contributed by atoms with Crippen LogP contribution in [0.25, 0.3) is 0 Å². The number of nitro benzene ring substituents is 1. The summed E-state index contributed by atoms with van der Waals surface area (Å²) in [6.07, 6.45) is 1.61. The van der Waals surface area contributed by atoms with E-state index in [0.717, 1.165) is 6.29 Å². The number of halogens is 1. The molecule has 2 rings (SSSR count). The van der Waals surface area contributed by atoms with Gasteiger partial charge in [0.05, 0.1) is 12.0 Å². The molecule has 30 heavy (non-hydrogen) atoms. The lowest BCUT2D eigenvalue weighted by atomic mass is 9.94. The molecule has 0 amide bonds. The Morgan fingerprint density at radius 2 is 2.03 bits per heavy atom. The monoisotopic (exact) mass is 416 g/mol. The molecule has 1 N–H and O–H groups in total. The van der Waals surface area contributed by atoms with E-state index in [9.17, 15) is 19.7 Å². The SMILES string of the molecule is CC[C@@H](NC(C)CC=O)c1ccc(OC)c(C(=O)c2ccc([N+](=O)[O-])c(C)c2)c1F. The van der Waals surface area contributed by atoms with Gasteiger partial charge >= 0.3 is 0 Å². The molecule has 0 aromatic heterocycles. The van der Waals surface area contributed by atoms with E-state index in [1.807, 2.05) is 13.8 Å². The molecule has 0 aliphatic heterocycles. The molecule has 0 spiro atoms. The highest BCUT2D eigenvalue weighted by atomic mass is 19.1. The Hall–Kier alpha value is -3.13. The zero-order valence-corrected chi connectivity index (χ0v) is 17.4. The Morgan fingerprint density at radius 1 is 1.33 bits per heavy atom. The fourth-order valence-corrected chi connectivity index (χ4v) is 3.35. The smallest absolute Gasteiger partial charge is 0.272 e. The molecular formula is C22H25FN2O5. The van der Waals surface area contributed by atoms with Crippen molar-refractivity contribution in [1.29, 1.82) is 0 Å². The number of methoxy groups -OCH3 is 1. The molecule has 0 aliphatic rings. The van der Waals surface area contributed by atoms with E-state index in [-0.39, 0.29) is 40.6 Å². The maximum Gasteiger partial charge on any atom is 0.272 e. The van der Waals surface area contributed by atoms with Gasteiger partial charge in [0.15, 0.2) is 5.78 Å². The van der Waals surface area contributed by atoms with Crippen molar-refractivity contribution in [2.75, 3.05) is 7.11 Å². The summed E-state index contributed by atoms with van der Waals surface area (Å²) in [6.45, 7) is 5.21. The van der Waals surface area contributed by atoms with E-state index in [1.165, 1.54) is 38.3 Å². The summed E-state index contributed by atoms with van der Waals surface area (Å²) in [5.41, 5.74) is 0.372. The molecule has 0 saturated carbocycles. The number of carbonyl (C=O) groups is 2. The largest absolute Gasteiger partial charge is 0.496 e. The second kappa shape index (κ2) is 10.1. The number of carbonyl (C=O) groups excluding carboxylic acids is 2. The minimum absolute atomic E-state index is 0.0769. The Morgan fingerprint density at radius 3 is 2.57 bits per heavy atom. The van der Waals surface area contributed by atoms with Crippen molar-refractivity contribution in [2.24, 2.45) is 0 Å². The Bertz CT molecular complexity index is 961. The van der Waals surface area contributed by atoms with Gasteiger partial charge in [-0.15, -0.1) is 0 Å². The number of nitrogens with zero attached hydrogens (tertiary/aromatic N) is 1. The van der Waals surface area contributed by atoms with E-state index < -0.39 is 22.6 Å². The quantitative estimate of drug-likeness (QED) is 0.268. The number of rotatable bonds is 10. The Balaban J connectivity index is 2.52. The fourth-order valence-electron chi connectivity index (χ4n) is 3.35. The van der Waals surface area contributed by atoms with Crippen molar-refractivity contribution in [1.82, 2.24) is 5.32 Å². The predicted molar refractivity (Wildman–Crippen MR) is 111 cm³/mol. The average Bonchev–Trinajstić information content (AvgIpc) is 2.71. The number of hydrogen-bond acceptors (Lipinski definition) is 6. The summed E-state index contributed by atoms with van der Waals surface area (Å²) < 4.78 is 20.7. The lowest BCUT2D eigenvalue weighted by Gasteiger charge is -2.23. The van der Waals surface area contributed by atoms with Crippen LogP contribution in [0.2, 0.25) is 0 Å². The summed E-state index contributed by atoms with van der Waals surface area (Å²) in [5.74, 6) is -1.26. The van der Waals surface area contributed by atoms with Crippen LogP contribution >= 0.6 is 0 Å². The van der Waals surface area contributed by atoms with Gasteiger partial charge in [-0.25, -0.2) is 4.39 Å². The predicted octanol–water partition coefficient (Wildman–Crippen LogP) is 4.30. The first kappa shape index (κ1) is 23.2. The van der Waals surface area contributed by atoms with E-state index in [0.29, 0.717) is 12.0 Å². The van der Waals surface area contributed by atoms with Crippen LogP contribution in [0.3, 0.4) is 0 Å². The maximum atomic E-state index is 15.5. The third-order valence-corrected chi connectivity index (χ3v) is 4.96. The lowest BCUT2D eigenvalue weighted by Crippen LogP contribution is -2.31. The summed E-state index contributed by atoms with van der Waals surface area (Å²) in [4.78, 5) is 34.3. The number of ether oxygens (including phenoxy) is 1. The van der Waals surface area contributed by atoms with E-state index in [4.69, 9.17) is 4.74 Å². The number of ketones is 1. The first-order valence-electron chi connectivity index (χ1n) is 9.60. The van der Waals surface area contributed by atoms with Crippen LogP contribution in [0.5, 0.6) is 5.75 Å². The molecule has 2 atom stereocenters. The number of hydrogen-bond donors (Lipinski definition) is 1. The van der Waals surface area contributed by atoms with Gasteiger partial charge < -0.3 is 14.8 Å². The van der Waals surface area contributed by atoms with Gasteiger partial charge in [-0.05, 0) is 38.5 Å². The Kier molecular flexibility index (Phi) is 7.77. The minimum Gasteiger partial charge on any atom is -0.496 e. The minimum atomic E-state index is -0.715. The normalized spacial score (nSPS) is 12.8. The third-order valence-electron chi connectivity index (χ3n) is 4.96. The van der Waals surface area contributed by atoms with Crippen LogP contribution in [0.1, 0.15) is 59.8 Å². The number of aryl methyl sites for hydroxylation is 1. The van der Waals surface area contributed by atoms with Gasteiger partial charge in [-0.2, -0.15) is 0 Å². The number of benzene rings is 2. The summed E-state index contributed by atoms with van der Waals surface area (Å²) >= 11 is 0. The van der Waals surface area contributed by atoms with Crippen LogP contribution in [0.15, 0.2) is 30.3 Å². The van der Waals surface area contributed by atoms with Crippen molar-refractivity contribution >= 4 is 17.8 Å². The fraction of sp³-hybridized carbons (Fsp3) is 0.364. The molecular weight excluding hydrogens is 391 g/mol. The zero-order chi connectivity index (χ0) is 22.4. The summed E-state index contributed by atoms with van der Waals surface area (Å²) in [7, 11) is 1.34. The van der Waals surface area contributed by atoms with Gasteiger partial charge in [0.25, 0.3) is 5.69 Å². The number of nitrogens with one attached hydrogen (secondary N) is 1. The number of aldehydes is 1. The van der Waals surface area contributed by atoms with Crippen LogP contribution < -0.4 is 10.1 Å². The third kappa shape index (κ3) is 4.88. The van der Waals surface area contributed by atoms with Crippen molar-refractivity contribution in [3.8, 4) is 5.75 Å². The van der Waals surface area contributed by atoms with Gasteiger partial charge in [0.2, 0.25) is 0 Å². The molecule has 0 radical (unpaired) electrons. The average molecular weight is 416 g/mol. The van der Waals surface area contributed by atoms with E-state index in [2.05, 4.69) is 5.32 Å². The molecule has 160 valence electrons. The molecule has 2 aromatic rings. The lowest BCUT2D eigenvalue weighted by molar-refractivity contribution is -0.385. The van der Waals surface area contributed by atoms with Gasteiger partial charge in [0, 0.05) is 41.3 Å². The van der Waals surface area contributed by atoms with Crippen molar-refractivity contribution in [3.63, 3.8) is 0 Å². The zero-order valence-electron chi connectivity index (χ0n) is 17.4. The molecule has 0 aliphatic carbocycles. The molecule has 0 heterocycles. The van der Waals surface area contributed by atoms with Gasteiger partial charge in [-0.3, -0.25) is 14.9 Å². The second-order valence-corrected chi connectivity index (χ2v) is 7.06. The van der Waals surface area contributed by atoms with E-state index in [1.54, 1.807) is 6.07 Å². The molecule has 0 bridgehead atoms. The standard InChI is InChI=1S/C22H25FN2O5/c1-5-17(24-14(3)10-11-26)16-7-9-19(30-4)20(21(16)23)22(27)15-6-8-18(25(28)29)13(2)12-15/h6-9,11-12,14,17,24H,5,10H2,1-4H3/t14?,17-/m1/s1. The molecule has 2 aromatic carbocycles. The van der Waals surface area contributed by atoms with Crippen LogP contribution in [0, 0.1) is 22.9 Å². The first-order valence-corrected chi connectivity index (χ1v) is 9.60. The Labute approximate surface area is 174 Å². The number of nitro groups is 1. The summed E-state index contributed by atoms with van der Waals surface area (Å²) in [5, 5.41) is 14.2. The highest BCUT2D eigenvalue weighted by molar-refractivity contribution is 6.11. The van der Waals surface area contributed by atoms with Crippen molar-refractivity contribution in [2.45, 2.75) is 45.7 Å². The van der Waals surface area contributed by atoms with Gasteiger partial charge in [-0.1, -0.05) is 13.0 Å². The van der Waals surface area contributed by atoms with Crippen LogP contribution in [-0.4, -0.2) is 30.1 Å². The molecule has 7 nitrogen and oxygen atoms in total. The summed E-state index contributed by atoms with van der Waals surface area (Å²) in [6, 6.07) is 6.42. The maximum absolute atomic E-state index is 15.5. The molecule has 0 fully saturated rings. The molecule has 8 heteroatoms. The van der Waals surface area contributed by atoms with Crippen molar-refractivity contribution in [3.05, 3.63) is 68.5 Å². The second-order valence-electron chi connectivity index (χ2n) is 7.06. The first-order chi connectivity index (χ1) is 14.2. The molecule has 0 saturated heterocycles. The molecule has 1 unspecified atom stereocenters. The van der Waals surface area contributed by atoms with Crippen LogP contribution in [0.4, 0.5) is 10.1 Å².